The number of hydrogen-bond donors (Lipinski definition) is 0. The van der Waals surface area contributed by atoms with Crippen molar-refractivity contribution >= 4 is 0 Å². The molecule has 0 aliphatic carbocycles. The zero-order chi connectivity index (χ0) is 22.5. The highest BCUT2D eigenvalue weighted by Crippen LogP contribution is 2.16. The van der Waals surface area contributed by atoms with Crippen LogP contribution in [0.1, 0.15) is 187 Å². The van der Waals surface area contributed by atoms with E-state index in [-0.39, 0.29) is 0 Å². The smallest absolute Gasteiger partial charge is 0.00997 e. The van der Waals surface area contributed by atoms with Crippen LogP contribution in [0.2, 0.25) is 0 Å². The standard InChI is InChI=1S/C30H62N/c1-2-3-4-5-6-7-8-9-10-11-12-13-14-15-16-17-18-19-20-21-22-23-24-25-26-27-28-29-30-31/h31H,2-30H2,1H3. The van der Waals surface area contributed by atoms with Gasteiger partial charge in [0.25, 0.3) is 0 Å². The van der Waals surface area contributed by atoms with E-state index < -0.39 is 0 Å². The molecule has 0 saturated carbocycles. The van der Waals surface area contributed by atoms with Crippen LogP contribution >= 0.6 is 0 Å². The van der Waals surface area contributed by atoms with E-state index in [4.69, 9.17) is 5.73 Å². The van der Waals surface area contributed by atoms with Crippen molar-refractivity contribution in [1.82, 2.24) is 5.73 Å². The molecule has 0 aromatic rings. The monoisotopic (exact) mass is 436 g/mol. The third kappa shape index (κ3) is 30.0. The molecule has 0 heterocycles. The van der Waals surface area contributed by atoms with Crippen molar-refractivity contribution in [3.05, 3.63) is 0 Å². The van der Waals surface area contributed by atoms with Gasteiger partial charge in [-0.05, 0) is 6.42 Å². The minimum absolute atomic E-state index is 0.624. The van der Waals surface area contributed by atoms with Crippen LogP contribution in [0.25, 0.3) is 0 Å². The SMILES string of the molecule is CCCCCCCCCCCCCCCCCCCCCCCCCCCCCC[NH]. The summed E-state index contributed by atoms with van der Waals surface area (Å²) in [4.78, 5) is 0. The molecule has 0 atom stereocenters. The maximum atomic E-state index is 7.15. The molecule has 0 bridgehead atoms. The summed E-state index contributed by atoms with van der Waals surface area (Å²) in [6, 6.07) is 0. The van der Waals surface area contributed by atoms with E-state index in [1.165, 1.54) is 173 Å². The van der Waals surface area contributed by atoms with Crippen molar-refractivity contribution < 1.29 is 0 Å². The van der Waals surface area contributed by atoms with E-state index in [0.717, 1.165) is 6.42 Å². The number of hydrogen-bond acceptors (Lipinski definition) is 0. The molecule has 0 saturated heterocycles. The third-order valence-electron chi connectivity index (χ3n) is 7.03. The molecule has 0 aliphatic heterocycles. The molecular weight excluding hydrogens is 374 g/mol. The van der Waals surface area contributed by atoms with Gasteiger partial charge in [-0.1, -0.05) is 180 Å². The summed E-state index contributed by atoms with van der Waals surface area (Å²) >= 11 is 0. The predicted molar refractivity (Wildman–Crippen MR) is 143 cm³/mol. The molecule has 0 unspecified atom stereocenters. The Morgan fingerprint density at radius 2 is 0.419 bits per heavy atom. The highest BCUT2D eigenvalue weighted by atomic mass is 14.5. The summed E-state index contributed by atoms with van der Waals surface area (Å²) in [6.07, 6.45) is 40.4. The maximum absolute atomic E-state index is 7.15. The summed E-state index contributed by atoms with van der Waals surface area (Å²) in [7, 11) is 0. The van der Waals surface area contributed by atoms with Crippen molar-refractivity contribution in [3.8, 4) is 0 Å². The predicted octanol–water partition coefficient (Wildman–Crippen LogP) is 11.2. The van der Waals surface area contributed by atoms with E-state index in [0.29, 0.717) is 6.54 Å². The Morgan fingerprint density at radius 1 is 0.258 bits per heavy atom. The van der Waals surface area contributed by atoms with Crippen LogP contribution in [0.15, 0.2) is 0 Å². The average Bonchev–Trinajstić information content (AvgIpc) is 2.78. The van der Waals surface area contributed by atoms with Crippen LogP contribution < -0.4 is 5.73 Å². The van der Waals surface area contributed by atoms with Gasteiger partial charge < -0.3 is 0 Å². The van der Waals surface area contributed by atoms with Gasteiger partial charge in [-0.15, -0.1) is 0 Å². The molecule has 31 heavy (non-hydrogen) atoms. The van der Waals surface area contributed by atoms with E-state index >= 15 is 0 Å². The van der Waals surface area contributed by atoms with Crippen LogP contribution in [0.5, 0.6) is 0 Å². The highest BCUT2D eigenvalue weighted by molar-refractivity contribution is 4.52. The summed E-state index contributed by atoms with van der Waals surface area (Å²) in [5.74, 6) is 0. The van der Waals surface area contributed by atoms with Gasteiger partial charge in [0.2, 0.25) is 0 Å². The Morgan fingerprint density at radius 3 is 0.581 bits per heavy atom. The molecule has 1 heteroatoms. The maximum Gasteiger partial charge on any atom is 0.00997 e. The zero-order valence-electron chi connectivity index (χ0n) is 22.0. The van der Waals surface area contributed by atoms with Crippen molar-refractivity contribution in [2.24, 2.45) is 0 Å². The first-order chi connectivity index (χ1) is 15.4. The second kappa shape index (κ2) is 30.0. The summed E-state index contributed by atoms with van der Waals surface area (Å²) in [5, 5.41) is 0. The fourth-order valence-corrected chi connectivity index (χ4v) is 4.79. The Kier molecular flexibility index (Phi) is 29.9. The molecule has 1 radical (unpaired) electrons. The number of nitrogens with one attached hydrogen (secondary N) is 1. The first-order valence-corrected chi connectivity index (χ1v) is 15.1. The summed E-state index contributed by atoms with van der Waals surface area (Å²) < 4.78 is 0. The lowest BCUT2D eigenvalue weighted by atomic mass is 10.0. The molecule has 0 spiro atoms. The number of unbranched alkanes of at least 4 members (excludes halogenated alkanes) is 27. The van der Waals surface area contributed by atoms with Gasteiger partial charge >= 0.3 is 0 Å². The third-order valence-corrected chi connectivity index (χ3v) is 7.03. The van der Waals surface area contributed by atoms with Gasteiger partial charge in [-0.25, -0.2) is 0 Å². The summed E-state index contributed by atoms with van der Waals surface area (Å²) in [6.45, 7) is 2.93. The molecule has 0 aliphatic rings. The molecule has 0 amide bonds. The van der Waals surface area contributed by atoms with Gasteiger partial charge in [-0.2, -0.15) is 0 Å². The van der Waals surface area contributed by atoms with Gasteiger partial charge in [0.15, 0.2) is 0 Å². The van der Waals surface area contributed by atoms with Gasteiger partial charge in [-0.3, -0.25) is 5.73 Å². The molecule has 0 fully saturated rings. The van der Waals surface area contributed by atoms with Crippen molar-refractivity contribution in [3.63, 3.8) is 0 Å². The van der Waals surface area contributed by atoms with E-state index in [1.54, 1.807) is 0 Å². The zero-order valence-corrected chi connectivity index (χ0v) is 22.0. The Labute approximate surface area is 199 Å². The fourth-order valence-electron chi connectivity index (χ4n) is 4.79. The van der Waals surface area contributed by atoms with Crippen LogP contribution in [-0.2, 0) is 0 Å². The summed E-state index contributed by atoms with van der Waals surface area (Å²) in [5.41, 5.74) is 7.15. The second-order valence-electron chi connectivity index (χ2n) is 10.3. The van der Waals surface area contributed by atoms with Gasteiger partial charge in [0.1, 0.15) is 0 Å². The molecule has 1 nitrogen and oxygen atoms in total. The normalized spacial score (nSPS) is 11.4. The van der Waals surface area contributed by atoms with Crippen LogP contribution in [-0.4, -0.2) is 6.54 Å². The molecule has 1 N–H and O–H groups in total. The highest BCUT2D eigenvalue weighted by Gasteiger charge is 1.96. The first-order valence-electron chi connectivity index (χ1n) is 15.1. The van der Waals surface area contributed by atoms with Crippen molar-refractivity contribution in [2.75, 3.05) is 6.54 Å². The second-order valence-corrected chi connectivity index (χ2v) is 10.3. The molecule has 0 rings (SSSR count). The Bertz CT molecular complexity index is 260. The minimum atomic E-state index is 0.624. The van der Waals surface area contributed by atoms with Crippen molar-refractivity contribution in [1.29, 1.82) is 0 Å². The fraction of sp³-hybridized carbons (Fsp3) is 1.00. The van der Waals surface area contributed by atoms with E-state index in [1.807, 2.05) is 0 Å². The average molecular weight is 437 g/mol. The Balaban J connectivity index is 2.98. The van der Waals surface area contributed by atoms with Crippen LogP contribution in [0, 0.1) is 0 Å². The van der Waals surface area contributed by atoms with Crippen LogP contribution in [0.4, 0.5) is 0 Å². The quantitative estimate of drug-likeness (QED) is 0.109. The lowest BCUT2D eigenvalue weighted by Gasteiger charge is -2.04. The minimum Gasteiger partial charge on any atom is -0.258 e. The topological polar surface area (TPSA) is 23.8 Å². The number of rotatable bonds is 28. The first kappa shape index (κ1) is 31.0. The Hall–Kier alpha value is -0.0400. The van der Waals surface area contributed by atoms with Gasteiger partial charge in [0.05, 0.1) is 0 Å². The van der Waals surface area contributed by atoms with E-state index in [2.05, 4.69) is 6.92 Å². The van der Waals surface area contributed by atoms with Gasteiger partial charge in [0, 0.05) is 6.54 Å². The molecule has 0 aromatic heterocycles. The molecule has 187 valence electrons. The lowest BCUT2D eigenvalue weighted by molar-refractivity contribution is 0.514. The van der Waals surface area contributed by atoms with E-state index in [9.17, 15) is 0 Å². The van der Waals surface area contributed by atoms with Crippen LogP contribution in [0.3, 0.4) is 0 Å². The lowest BCUT2D eigenvalue weighted by Crippen LogP contribution is -1.86. The molecular formula is C30H62N. The molecule has 0 aromatic carbocycles. The largest absolute Gasteiger partial charge is 0.258 e. The van der Waals surface area contributed by atoms with Crippen molar-refractivity contribution in [2.45, 2.75) is 187 Å².